The summed E-state index contributed by atoms with van der Waals surface area (Å²) >= 11 is 1.64. The van der Waals surface area contributed by atoms with Crippen LogP contribution in [0.25, 0.3) is 22.2 Å². The van der Waals surface area contributed by atoms with Crippen LogP contribution in [0.5, 0.6) is 0 Å². The van der Waals surface area contributed by atoms with Crippen molar-refractivity contribution in [3.63, 3.8) is 0 Å². The van der Waals surface area contributed by atoms with Gasteiger partial charge in [-0.1, -0.05) is 25.0 Å². The number of nitrogens with zero attached hydrogens (tertiary/aromatic N) is 2. The molecule has 1 saturated carbocycles. The molecule has 0 radical (unpaired) electrons. The van der Waals surface area contributed by atoms with E-state index in [0.29, 0.717) is 6.04 Å². The number of benzene rings is 2. The monoisotopic (exact) mass is 485 g/mol. The average Bonchev–Trinajstić information content (AvgIpc) is 3.68. The van der Waals surface area contributed by atoms with Crippen LogP contribution in [0.2, 0.25) is 0 Å². The number of H-pyrrole nitrogens is 1. The number of nitrogens with one attached hydrogen (secondary N) is 3. The highest BCUT2D eigenvalue weighted by Gasteiger charge is 2.30. The summed E-state index contributed by atoms with van der Waals surface area (Å²) in [6.45, 7) is 1.93. The van der Waals surface area contributed by atoms with E-state index in [-0.39, 0.29) is 11.9 Å². The van der Waals surface area contributed by atoms with Crippen LogP contribution in [0.1, 0.15) is 50.1 Å². The molecule has 3 N–H and O–H groups in total. The van der Waals surface area contributed by atoms with E-state index in [0.717, 1.165) is 65.0 Å². The Labute approximate surface area is 209 Å². The van der Waals surface area contributed by atoms with Crippen LogP contribution >= 0.6 is 11.3 Å². The van der Waals surface area contributed by atoms with Crippen LogP contribution < -0.4 is 10.6 Å². The molecule has 1 aliphatic carbocycles. The molecule has 2 aromatic heterocycles. The van der Waals surface area contributed by atoms with Crippen molar-refractivity contribution in [1.82, 2.24) is 15.1 Å². The lowest BCUT2D eigenvalue weighted by Gasteiger charge is -2.26. The molecule has 2 fully saturated rings. The number of likely N-dealkylation sites (tertiary alicyclic amines) is 1. The highest BCUT2D eigenvalue weighted by molar-refractivity contribution is 7.08. The van der Waals surface area contributed by atoms with E-state index in [1.165, 1.54) is 25.7 Å². The number of amides is 1. The van der Waals surface area contributed by atoms with Gasteiger partial charge in [0.25, 0.3) is 0 Å². The molecule has 0 spiro atoms. The van der Waals surface area contributed by atoms with Crippen molar-refractivity contribution in [3.8, 4) is 11.3 Å². The van der Waals surface area contributed by atoms with Gasteiger partial charge in [0.1, 0.15) is 6.04 Å². The molecule has 7 heteroatoms. The van der Waals surface area contributed by atoms with Crippen LogP contribution in [0.3, 0.4) is 0 Å². The number of aromatic nitrogens is 2. The number of carbonyl (C=O) groups is 1. The second kappa shape index (κ2) is 9.84. The molecule has 1 amide bonds. The molecule has 4 aromatic rings. The minimum Gasteiger partial charge on any atom is -0.382 e. The molecule has 35 heavy (non-hydrogen) atoms. The van der Waals surface area contributed by atoms with Crippen molar-refractivity contribution in [2.45, 2.75) is 50.6 Å². The number of anilines is 2. The number of hydrogen-bond acceptors (Lipinski definition) is 5. The van der Waals surface area contributed by atoms with Gasteiger partial charge in [0.15, 0.2) is 0 Å². The largest absolute Gasteiger partial charge is 0.382 e. The van der Waals surface area contributed by atoms with Crippen molar-refractivity contribution in [2.24, 2.45) is 0 Å². The predicted molar refractivity (Wildman–Crippen MR) is 144 cm³/mol. The molecule has 6 rings (SSSR count). The first-order chi connectivity index (χ1) is 17.2. The summed E-state index contributed by atoms with van der Waals surface area (Å²) < 4.78 is 0. The highest BCUT2D eigenvalue weighted by Crippen LogP contribution is 2.32. The van der Waals surface area contributed by atoms with E-state index < -0.39 is 0 Å². The molecule has 1 unspecified atom stereocenters. The van der Waals surface area contributed by atoms with Gasteiger partial charge >= 0.3 is 0 Å². The molecule has 180 valence electrons. The normalized spacial score (nSPS) is 17.7. The van der Waals surface area contributed by atoms with Gasteiger partial charge in [-0.3, -0.25) is 14.8 Å². The second-order valence-corrected chi connectivity index (χ2v) is 10.5. The van der Waals surface area contributed by atoms with E-state index in [2.05, 4.69) is 61.4 Å². The van der Waals surface area contributed by atoms with Gasteiger partial charge in [-0.25, -0.2) is 0 Å². The van der Waals surface area contributed by atoms with E-state index in [4.69, 9.17) is 0 Å². The van der Waals surface area contributed by atoms with E-state index in [9.17, 15) is 4.79 Å². The highest BCUT2D eigenvalue weighted by atomic mass is 32.1. The summed E-state index contributed by atoms with van der Waals surface area (Å²) in [5.74, 6) is 0.0250. The first-order valence-electron chi connectivity index (χ1n) is 12.7. The summed E-state index contributed by atoms with van der Waals surface area (Å²) in [6.07, 6.45) is 7.44. The minimum absolute atomic E-state index is 0.0250. The lowest BCUT2D eigenvalue weighted by molar-refractivity contribution is -0.121. The maximum absolute atomic E-state index is 13.4. The standard InChI is InChI=1S/C28H31N5OS/c34-28(27(20-13-16-35-18-20)33-14-3-4-15-33)30-23-11-12-25-24(17-23)26(32-31-25)19-7-9-22(10-8-19)29-21-5-1-2-6-21/h7-13,16-18,21,27,29H,1-6,14-15H2,(H,30,34)(H,31,32). The van der Waals surface area contributed by atoms with Crippen LogP contribution in [-0.4, -0.2) is 40.1 Å². The Morgan fingerprint density at radius 3 is 2.51 bits per heavy atom. The lowest BCUT2D eigenvalue weighted by Crippen LogP contribution is -2.35. The fraction of sp³-hybridized carbons (Fsp3) is 0.357. The van der Waals surface area contributed by atoms with E-state index in [1.54, 1.807) is 11.3 Å². The third-order valence-electron chi connectivity index (χ3n) is 7.33. The molecule has 1 saturated heterocycles. The van der Waals surface area contributed by atoms with Crippen molar-refractivity contribution in [1.29, 1.82) is 0 Å². The van der Waals surface area contributed by atoms with Crippen molar-refractivity contribution >= 4 is 39.5 Å². The molecular formula is C28H31N5OS. The van der Waals surface area contributed by atoms with Gasteiger partial charge in [0.2, 0.25) is 5.91 Å². The first-order valence-corrected chi connectivity index (χ1v) is 13.6. The van der Waals surface area contributed by atoms with Crippen molar-refractivity contribution < 1.29 is 4.79 Å². The van der Waals surface area contributed by atoms with Gasteiger partial charge in [-0.2, -0.15) is 16.4 Å². The van der Waals surface area contributed by atoms with Gasteiger partial charge in [-0.05, 0) is 91.5 Å². The Kier molecular flexibility index (Phi) is 6.27. The number of aromatic amines is 1. The average molecular weight is 486 g/mol. The van der Waals surface area contributed by atoms with Gasteiger partial charge in [-0.15, -0.1) is 0 Å². The second-order valence-electron chi connectivity index (χ2n) is 9.73. The summed E-state index contributed by atoms with van der Waals surface area (Å²) in [4.78, 5) is 15.7. The lowest BCUT2D eigenvalue weighted by atomic mass is 10.1. The third kappa shape index (κ3) is 4.70. The topological polar surface area (TPSA) is 73.0 Å². The maximum Gasteiger partial charge on any atom is 0.246 e. The summed E-state index contributed by atoms with van der Waals surface area (Å²) in [5, 5.41) is 19.7. The molecule has 1 atom stereocenters. The van der Waals surface area contributed by atoms with Crippen molar-refractivity contribution in [3.05, 3.63) is 64.9 Å². The predicted octanol–water partition coefficient (Wildman–Crippen LogP) is 6.42. The Balaban J connectivity index is 1.23. The molecule has 2 aliphatic rings. The molecular weight excluding hydrogens is 454 g/mol. The first kappa shape index (κ1) is 22.3. The zero-order chi connectivity index (χ0) is 23.6. The summed E-state index contributed by atoms with van der Waals surface area (Å²) in [6, 6.07) is 16.9. The van der Waals surface area contributed by atoms with Crippen LogP contribution in [0.4, 0.5) is 11.4 Å². The SMILES string of the molecule is O=C(Nc1ccc2[nH]nc(-c3ccc(NC4CCCC4)cc3)c2c1)C(c1ccsc1)N1CCCC1. The Morgan fingerprint density at radius 2 is 1.77 bits per heavy atom. The number of hydrogen-bond donors (Lipinski definition) is 3. The molecule has 0 bridgehead atoms. The van der Waals surface area contributed by atoms with Gasteiger partial charge in [0.05, 0.1) is 11.2 Å². The third-order valence-corrected chi connectivity index (χ3v) is 8.03. The summed E-state index contributed by atoms with van der Waals surface area (Å²) in [5.41, 5.74) is 5.95. The van der Waals surface area contributed by atoms with Gasteiger partial charge < -0.3 is 10.6 Å². The Hall–Kier alpha value is -3.16. The van der Waals surface area contributed by atoms with Crippen LogP contribution in [0, 0.1) is 0 Å². The number of thiophene rings is 1. The fourth-order valence-electron chi connectivity index (χ4n) is 5.51. The molecule has 2 aromatic carbocycles. The zero-order valence-corrected chi connectivity index (χ0v) is 20.6. The van der Waals surface area contributed by atoms with E-state index in [1.807, 2.05) is 23.6 Å². The summed E-state index contributed by atoms with van der Waals surface area (Å²) in [7, 11) is 0. The number of carbonyl (C=O) groups excluding carboxylic acids is 1. The molecule has 3 heterocycles. The molecule has 6 nitrogen and oxygen atoms in total. The Bertz CT molecular complexity index is 1280. The quantitative estimate of drug-likeness (QED) is 0.282. The van der Waals surface area contributed by atoms with Crippen LogP contribution in [-0.2, 0) is 4.79 Å². The zero-order valence-electron chi connectivity index (χ0n) is 19.8. The van der Waals surface area contributed by atoms with Crippen LogP contribution in [0.15, 0.2) is 59.3 Å². The fourth-order valence-corrected chi connectivity index (χ4v) is 6.19. The number of rotatable bonds is 7. The van der Waals surface area contributed by atoms with Gasteiger partial charge in [0, 0.05) is 28.4 Å². The minimum atomic E-state index is -0.247. The smallest absolute Gasteiger partial charge is 0.246 e. The maximum atomic E-state index is 13.4. The van der Waals surface area contributed by atoms with E-state index >= 15 is 0 Å². The van der Waals surface area contributed by atoms with Crippen molar-refractivity contribution in [2.75, 3.05) is 23.7 Å². The molecule has 1 aliphatic heterocycles. The number of fused-ring (bicyclic) bond motifs is 1. The Morgan fingerprint density at radius 1 is 1.00 bits per heavy atom.